The van der Waals surface area contributed by atoms with E-state index in [1.165, 1.54) is 6.07 Å². The van der Waals surface area contributed by atoms with Crippen molar-refractivity contribution >= 4 is 52.0 Å². The number of rotatable bonds is 11. The maximum absolute atomic E-state index is 13.0. The third kappa shape index (κ3) is 7.84. The van der Waals surface area contributed by atoms with E-state index in [0.717, 1.165) is 16.3 Å². The third-order valence-electron chi connectivity index (χ3n) is 5.51. The standard InChI is InChI=1S/C28H31Cl2N3O4/c1-5-36-25-12-10-19-8-6-7-9-21(19)22(25)16-31-33-28(35)24(14-17(2)3)32-27(34)18(4)37-26-13-11-20(29)15-23(26)30/h6-13,15-18,24H,5,14H2,1-4H3,(H,32,34)(H,33,35)/b31-16-/t18-,24+/m0/s1. The molecule has 0 aromatic heterocycles. The zero-order chi connectivity index (χ0) is 26.9. The lowest BCUT2D eigenvalue weighted by Crippen LogP contribution is -2.49. The quantitative estimate of drug-likeness (QED) is 0.229. The normalized spacial score (nSPS) is 12.9. The number of nitrogens with one attached hydrogen (secondary N) is 2. The number of fused-ring (bicyclic) bond motifs is 1. The van der Waals surface area contributed by atoms with Crippen LogP contribution >= 0.6 is 23.2 Å². The Kier molecular flexibility index (Phi) is 10.2. The largest absolute Gasteiger partial charge is 0.493 e. The topological polar surface area (TPSA) is 89.0 Å². The van der Waals surface area contributed by atoms with E-state index >= 15 is 0 Å². The summed E-state index contributed by atoms with van der Waals surface area (Å²) in [6, 6.07) is 15.6. The maximum atomic E-state index is 13.0. The summed E-state index contributed by atoms with van der Waals surface area (Å²) in [6.07, 6.45) is 1.09. The molecule has 0 fully saturated rings. The van der Waals surface area contributed by atoms with Gasteiger partial charge in [0, 0.05) is 10.6 Å². The van der Waals surface area contributed by atoms with E-state index in [1.54, 1.807) is 25.3 Å². The molecule has 3 aromatic rings. The van der Waals surface area contributed by atoms with Crippen molar-refractivity contribution in [2.75, 3.05) is 6.61 Å². The third-order valence-corrected chi connectivity index (χ3v) is 6.04. The highest BCUT2D eigenvalue weighted by Gasteiger charge is 2.25. The molecule has 0 unspecified atom stereocenters. The van der Waals surface area contributed by atoms with E-state index in [0.29, 0.717) is 29.5 Å². The first-order valence-electron chi connectivity index (χ1n) is 12.1. The second-order valence-corrected chi connectivity index (χ2v) is 9.73. The van der Waals surface area contributed by atoms with Crippen molar-refractivity contribution in [2.45, 2.75) is 46.3 Å². The van der Waals surface area contributed by atoms with Crippen molar-refractivity contribution in [1.82, 2.24) is 10.7 Å². The van der Waals surface area contributed by atoms with Gasteiger partial charge in [-0.2, -0.15) is 5.10 Å². The number of hydrazone groups is 1. The lowest BCUT2D eigenvalue weighted by molar-refractivity contribution is -0.132. The Labute approximate surface area is 227 Å². The molecule has 0 spiro atoms. The molecule has 0 bridgehead atoms. The van der Waals surface area contributed by atoms with Gasteiger partial charge in [-0.1, -0.05) is 67.4 Å². The molecule has 9 heteroatoms. The summed E-state index contributed by atoms with van der Waals surface area (Å²) < 4.78 is 11.4. The van der Waals surface area contributed by atoms with Crippen LogP contribution in [0.15, 0.2) is 59.7 Å². The van der Waals surface area contributed by atoms with Gasteiger partial charge in [0.05, 0.1) is 17.8 Å². The molecule has 0 aliphatic rings. The fourth-order valence-electron chi connectivity index (χ4n) is 3.74. The van der Waals surface area contributed by atoms with Gasteiger partial charge < -0.3 is 14.8 Å². The molecule has 0 heterocycles. The van der Waals surface area contributed by atoms with Crippen LogP contribution in [0.2, 0.25) is 10.0 Å². The van der Waals surface area contributed by atoms with E-state index < -0.39 is 24.0 Å². The lowest BCUT2D eigenvalue weighted by Gasteiger charge is -2.22. The summed E-state index contributed by atoms with van der Waals surface area (Å²) in [7, 11) is 0. The molecular formula is C28H31Cl2N3O4. The van der Waals surface area contributed by atoms with Crippen LogP contribution in [0.1, 0.15) is 39.7 Å². The molecule has 0 aliphatic heterocycles. The Morgan fingerprint density at radius 3 is 2.43 bits per heavy atom. The van der Waals surface area contributed by atoms with E-state index in [-0.39, 0.29) is 10.9 Å². The molecule has 2 amide bonds. The van der Waals surface area contributed by atoms with E-state index in [1.807, 2.05) is 57.2 Å². The number of nitrogens with zero attached hydrogens (tertiary/aromatic N) is 1. The van der Waals surface area contributed by atoms with Crippen LogP contribution in [0.5, 0.6) is 11.5 Å². The summed E-state index contributed by atoms with van der Waals surface area (Å²) in [4.78, 5) is 25.8. The molecule has 0 radical (unpaired) electrons. The summed E-state index contributed by atoms with van der Waals surface area (Å²) in [5.74, 6) is 0.239. The minimum Gasteiger partial charge on any atom is -0.493 e. The molecule has 2 atom stereocenters. The van der Waals surface area contributed by atoms with Gasteiger partial charge in [0.1, 0.15) is 17.5 Å². The number of hydrogen-bond acceptors (Lipinski definition) is 5. The molecule has 7 nitrogen and oxygen atoms in total. The molecule has 0 aliphatic carbocycles. The van der Waals surface area contributed by atoms with E-state index in [4.69, 9.17) is 32.7 Å². The highest BCUT2D eigenvalue weighted by molar-refractivity contribution is 6.35. The van der Waals surface area contributed by atoms with Crippen molar-refractivity contribution in [3.8, 4) is 11.5 Å². The zero-order valence-electron chi connectivity index (χ0n) is 21.3. The fraction of sp³-hybridized carbons (Fsp3) is 0.321. The second kappa shape index (κ2) is 13.3. The predicted molar refractivity (Wildman–Crippen MR) is 149 cm³/mol. The van der Waals surface area contributed by atoms with Gasteiger partial charge in [0.25, 0.3) is 11.8 Å². The average molecular weight is 544 g/mol. The van der Waals surface area contributed by atoms with Gasteiger partial charge in [-0.3, -0.25) is 9.59 Å². The summed E-state index contributed by atoms with van der Waals surface area (Å²) in [6.45, 7) is 7.91. The van der Waals surface area contributed by atoms with E-state index in [2.05, 4.69) is 15.8 Å². The molecule has 2 N–H and O–H groups in total. The molecular weight excluding hydrogens is 513 g/mol. The Hall–Kier alpha value is -3.29. The summed E-state index contributed by atoms with van der Waals surface area (Å²) in [5, 5.41) is 9.67. The van der Waals surface area contributed by atoms with E-state index in [9.17, 15) is 9.59 Å². The van der Waals surface area contributed by atoms with Crippen LogP contribution in [0, 0.1) is 5.92 Å². The molecule has 196 valence electrons. The SMILES string of the molecule is CCOc1ccc2ccccc2c1/C=N\NC(=O)[C@@H](CC(C)C)NC(=O)[C@H](C)Oc1ccc(Cl)cc1Cl. The van der Waals surface area contributed by atoms with Crippen molar-refractivity contribution in [3.05, 3.63) is 70.2 Å². The lowest BCUT2D eigenvalue weighted by atomic mass is 10.0. The first-order chi connectivity index (χ1) is 17.7. The van der Waals surface area contributed by atoms with Gasteiger partial charge >= 0.3 is 0 Å². The number of amides is 2. The first kappa shape index (κ1) is 28.3. The number of halogens is 2. The summed E-state index contributed by atoms with van der Waals surface area (Å²) >= 11 is 12.1. The number of benzene rings is 3. The molecule has 0 saturated heterocycles. The first-order valence-corrected chi connectivity index (χ1v) is 12.8. The minimum absolute atomic E-state index is 0.143. The summed E-state index contributed by atoms with van der Waals surface area (Å²) in [5.41, 5.74) is 3.32. The van der Waals surface area contributed by atoms with Crippen LogP contribution in [0.4, 0.5) is 0 Å². The molecule has 37 heavy (non-hydrogen) atoms. The second-order valence-electron chi connectivity index (χ2n) is 8.89. The minimum atomic E-state index is -0.894. The van der Waals surface area contributed by atoms with Gasteiger partial charge in [-0.05, 0) is 61.2 Å². The van der Waals surface area contributed by atoms with Crippen LogP contribution in [0.25, 0.3) is 10.8 Å². The number of hydrogen-bond donors (Lipinski definition) is 2. The van der Waals surface area contributed by atoms with Crippen LogP contribution in [-0.2, 0) is 9.59 Å². The van der Waals surface area contributed by atoms with Gasteiger partial charge in [0.2, 0.25) is 0 Å². The number of carbonyl (C=O) groups excluding carboxylic acids is 2. The fourth-order valence-corrected chi connectivity index (χ4v) is 4.19. The highest BCUT2D eigenvalue weighted by atomic mass is 35.5. The monoisotopic (exact) mass is 543 g/mol. The predicted octanol–water partition coefficient (Wildman–Crippen LogP) is 5.99. The highest BCUT2D eigenvalue weighted by Crippen LogP contribution is 2.29. The zero-order valence-corrected chi connectivity index (χ0v) is 22.8. The van der Waals surface area contributed by atoms with Gasteiger partial charge in [0.15, 0.2) is 6.10 Å². The van der Waals surface area contributed by atoms with Crippen LogP contribution in [0.3, 0.4) is 0 Å². The van der Waals surface area contributed by atoms with Crippen LogP contribution < -0.4 is 20.2 Å². The smallest absolute Gasteiger partial charge is 0.262 e. The Balaban J connectivity index is 1.71. The number of carbonyl (C=O) groups is 2. The number of ether oxygens (including phenoxy) is 2. The van der Waals surface area contributed by atoms with Crippen molar-refractivity contribution < 1.29 is 19.1 Å². The van der Waals surface area contributed by atoms with Crippen LogP contribution in [-0.4, -0.2) is 36.8 Å². The molecule has 3 aromatic carbocycles. The van der Waals surface area contributed by atoms with Crippen molar-refractivity contribution in [3.63, 3.8) is 0 Å². The Bertz CT molecular complexity index is 1280. The molecule has 3 rings (SSSR count). The van der Waals surface area contributed by atoms with Gasteiger partial charge in [-0.25, -0.2) is 5.43 Å². The van der Waals surface area contributed by atoms with Crippen molar-refractivity contribution in [2.24, 2.45) is 11.0 Å². The Morgan fingerprint density at radius 1 is 1.00 bits per heavy atom. The average Bonchev–Trinajstić information content (AvgIpc) is 2.86. The Morgan fingerprint density at radius 2 is 1.73 bits per heavy atom. The maximum Gasteiger partial charge on any atom is 0.262 e. The van der Waals surface area contributed by atoms with Gasteiger partial charge in [-0.15, -0.1) is 0 Å². The van der Waals surface area contributed by atoms with Crippen molar-refractivity contribution in [1.29, 1.82) is 0 Å². The molecule has 0 saturated carbocycles.